The third-order valence-corrected chi connectivity index (χ3v) is 2.69. The first-order valence-corrected chi connectivity index (χ1v) is 6.24. The number of hydrogen-bond donors (Lipinski definition) is 2. The van der Waals surface area contributed by atoms with Gasteiger partial charge in [-0.15, -0.1) is 0 Å². The van der Waals surface area contributed by atoms with Gasteiger partial charge in [0.2, 0.25) is 5.91 Å². The van der Waals surface area contributed by atoms with Crippen LogP contribution in [-0.2, 0) is 11.2 Å². The Morgan fingerprint density at radius 2 is 2.00 bits per heavy atom. The molecule has 0 aliphatic rings. The number of carbonyl (C=O) groups excluding carboxylic acids is 1. The van der Waals surface area contributed by atoms with E-state index in [0.29, 0.717) is 13.1 Å². The molecule has 0 saturated heterocycles. The lowest BCUT2D eigenvalue weighted by atomic mass is 10.1. The molecular formula is C13H19ClN2O. The highest BCUT2D eigenvalue weighted by Crippen LogP contribution is 2.10. The smallest absolute Gasteiger partial charge is 0.233 e. The summed E-state index contributed by atoms with van der Waals surface area (Å²) in [6.07, 6.45) is 0.885. The molecule has 1 aromatic rings. The average molecular weight is 255 g/mol. The fourth-order valence-corrected chi connectivity index (χ4v) is 1.70. The highest BCUT2D eigenvalue weighted by Gasteiger charge is 2.05. The van der Waals surface area contributed by atoms with Crippen LogP contribution in [0.2, 0.25) is 5.02 Å². The van der Waals surface area contributed by atoms with Crippen molar-refractivity contribution in [2.75, 3.05) is 13.1 Å². The standard InChI is InChI=1S/C13H19ClN2O/c1-3-15-13(17)9-16-10(2)8-11-4-6-12(14)7-5-11/h4-7,10,16H,3,8-9H2,1-2H3,(H,15,17). The molecule has 1 aromatic carbocycles. The van der Waals surface area contributed by atoms with E-state index in [2.05, 4.69) is 17.6 Å². The minimum Gasteiger partial charge on any atom is -0.355 e. The zero-order valence-electron chi connectivity index (χ0n) is 10.3. The Morgan fingerprint density at radius 3 is 2.59 bits per heavy atom. The van der Waals surface area contributed by atoms with Gasteiger partial charge in [0.25, 0.3) is 0 Å². The molecule has 1 amide bonds. The number of rotatable bonds is 6. The third kappa shape index (κ3) is 5.71. The second kappa shape index (κ2) is 7.30. The predicted octanol–water partition coefficient (Wildman–Crippen LogP) is 2.00. The van der Waals surface area contributed by atoms with Gasteiger partial charge in [-0.1, -0.05) is 23.7 Å². The van der Waals surface area contributed by atoms with Crippen LogP contribution in [0.3, 0.4) is 0 Å². The fourth-order valence-electron chi connectivity index (χ4n) is 1.57. The molecule has 4 heteroatoms. The molecule has 3 nitrogen and oxygen atoms in total. The van der Waals surface area contributed by atoms with Crippen LogP contribution in [0.4, 0.5) is 0 Å². The number of benzene rings is 1. The highest BCUT2D eigenvalue weighted by atomic mass is 35.5. The molecule has 0 aromatic heterocycles. The molecule has 0 bridgehead atoms. The van der Waals surface area contributed by atoms with Crippen molar-refractivity contribution in [3.63, 3.8) is 0 Å². The SMILES string of the molecule is CCNC(=O)CNC(C)Cc1ccc(Cl)cc1. The average Bonchev–Trinajstić information content (AvgIpc) is 2.30. The van der Waals surface area contributed by atoms with Crippen molar-refractivity contribution in [1.82, 2.24) is 10.6 Å². The molecule has 17 heavy (non-hydrogen) atoms. The summed E-state index contributed by atoms with van der Waals surface area (Å²) < 4.78 is 0. The van der Waals surface area contributed by atoms with E-state index in [4.69, 9.17) is 11.6 Å². The van der Waals surface area contributed by atoms with Gasteiger partial charge in [-0.2, -0.15) is 0 Å². The number of hydrogen-bond acceptors (Lipinski definition) is 2. The van der Waals surface area contributed by atoms with Gasteiger partial charge in [0.05, 0.1) is 6.54 Å². The van der Waals surface area contributed by atoms with E-state index >= 15 is 0 Å². The monoisotopic (exact) mass is 254 g/mol. The van der Waals surface area contributed by atoms with Gasteiger partial charge in [0.15, 0.2) is 0 Å². The number of nitrogens with one attached hydrogen (secondary N) is 2. The van der Waals surface area contributed by atoms with Crippen molar-refractivity contribution >= 4 is 17.5 Å². The molecule has 0 spiro atoms. The first kappa shape index (κ1) is 14.0. The number of carbonyl (C=O) groups is 1. The van der Waals surface area contributed by atoms with Crippen molar-refractivity contribution in [1.29, 1.82) is 0 Å². The summed E-state index contributed by atoms with van der Waals surface area (Å²) in [4.78, 5) is 11.3. The largest absolute Gasteiger partial charge is 0.355 e. The van der Waals surface area contributed by atoms with E-state index in [-0.39, 0.29) is 11.9 Å². The van der Waals surface area contributed by atoms with Crippen molar-refractivity contribution in [2.45, 2.75) is 26.3 Å². The molecule has 0 fully saturated rings. The fraction of sp³-hybridized carbons (Fsp3) is 0.462. The van der Waals surface area contributed by atoms with Crippen LogP contribution in [0.1, 0.15) is 19.4 Å². The number of halogens is 1. The second-order valence-electron chi connectivity index (χ2n) is 4.07. The van der Waals surface area contributed by atoms with Crippen LogP contribution in [0, 0.1) is 0 Å². The molecule has 94 valence electrons. The maximum Gasteiger partial charge on any atom is 0.233 e. The summed E-state index contributed by atoms with van der Waals surface area (Å²) in [7, 11) is 0. The Kier molecular flexibility index (Phi) is 6.01. The van der Waals surface area contributed by atoms with E-state index in [1.54, 1.807) is 0 Å². The first-order valence-electron chi connectivity index (χ1n) is 5.86. The Labute approximate surface area is 108 Å². The predicted molar refractivity (Wildman–Crippen MR) is 71.3 cm³/mol. The normalized spacial score (nSPS) is 12.2. The van der Waals surface area contributed by atoms with Crippen LogP contribution in [0.15, 0.2) is 24.3 Å². The van der Waals surface area contributed by atoms with Crippen LogP contribution >= 0.6 is 11.6 Å². The summed E-state index contributed by atoms with van der Waals surface area (Å²) in [6, 6.07) is 8.04. The number of likely N-dealkylation sites (N-methyl/N-ethyl adjacent to an activating group) is 1. The zero-order chi connectivity index (χ0) is 12.7. The molecule has 1 unspecified atom stereocenters. The molecular weight excluding hydrogens is 236 g/mol. The molecule has 0 aliphatic carbocycles. The van der Waals surface area contributed by atoms with Crippen molar-refractivity contribution in [3.05, 3.63) is 34.9 Å². The maximum atomic E-state index is 11.3. The van der Waals surface area contributed by atoms with Gasteiger partial charge < -0.3 is 10.6 Å². The Bertz CT molecular complexity index is 351. The summed E-state index contributed by atoms with van der Waals surface area (Å²) in [5.74, 6) is 0.0375. The van der Waals surface area contributed by atoms with Crippen LogP contribution < -0.4 is 10.6 Å². The van der Waals surface area contributed by atoms with Gasteiger partial charge in [0, 0.05) is 17.6 Å². The topological polar surface area (TPSA) is 41.1 Å². The van der Waals surface area contributed by atoms with Gasteiger partial charge in [-0.25, -0.2) is 0 Å². The minimum atomic E-state index is 0.0375. The van der Waals surface area contributed by atoms with Crippen molar-refractivity contribution in [2.24, 2.45) is 0 Å². The molecule has 0 radical (unpaired) electrons. The zero-order valence-corrected chi connectivity index (χ0v) is 11.1. The molecule has 0 heterocycles. The minimum absolute atomic E-state index is 0.0375. The Balaban J connectivity index is 2.31. The molecule has 0 aliphatic heterocycles. The summed E-state index contributed by atoms with van der Waals surface area (Å²) in [5.41, 5.74) is 1.21. The third-order valence-electron chi connectivity index (χ3n) is 2.44. The second-order valence-corrected chi connectivity index (χ2v) is 4.50. The molecule has 0 saturated carbocycles. The van der Waals surface area contributed by atoms with Gasteiger partial charge in [-0.05, 0) is 38.0 Å². The van der Waals surface area contributed by atoms with E-state index in [1.807, 2.05) is 31.2 Å². The highest BCUT2D eigenvalue weighted by molar-refractivity contribution is 6.30. The lowest BCUT2D eigenvalue weighted by Gasteiger charge is -2.13. The van der Waals surface area contributed by atoms with Gasteiger partial charge >= 0.3 is 0 Å². The van der Waals surface area contributed by atoms with Crippen LogP contribution in [0.25, 0.3) is 0 Å². The van der Waals surface area contributed by atoms with E-state index in [1.165, 1.54) is 5.56 Å². The lowest BCUT2D eigenvalue weighted by Crippen LogP contribution is -2.38. The quantitative estimate of drug-likeness (QED) is 0.815. The van der Waals surface area contributed by atoms with E-state index in [0.717, 1.165) is 11.4 Å². The first-order chi connectivity index (χ1) is 8.11. The summed E-state index contributed by atoms with van der Waals surface area (Å²) >= 11 is 5.82. The molecule has 1 rings (SSSR count). The van der Waals surface area contributed by atoms with Crippen molar-refractivity contribution in [3.8, 4) is 0 Å². The van der Waals surface area contributed by atoms with Gasteiger partial charge in [-0.3, -0.25) is 4.79 Å². The molecule has 1 atom stereocenters. The maximum absolute atomic E-state index is 11.3. The Hall–Kier alpha value is -1.06. The van der Waals surface area contributed by atoms with Gasteiger partial charge in [0.1, 0.15) is 0 Å². The summed E-state index contributed by atoms with van der Waals surface area (Å²) in [5, 5.41) is 6.69. The van der Waals surface area contributed by atoms with Crippen LogP contribution in [0.5, 0.6) is 0 Å². The van der Waals surface area contributed by atoms with E-state index in [9.17, 15) is 4.79 Å². The number of amides is 1. The lowest BCUT2D eigenvalue weighted by molar-refractivity contribution is -0.120. The molecule has 2 N–H and O–H groups in total. The van der Waals surface area contributed by atoms with Crippen molar-refractivity contribution < 1.29 is 4.79 Å². The van der Waals surface area contributed by atoms with E-state index < -0.39 is 0 Å². The van der Waals surface area contributed by atoms with Crippen LogP contribution in [-0.4, -0.2) is 25.0 Å². The Morgan fingerprint density at radius 1 is 1.35 bits per heavy atom. The summed E-state index contributed by atoms with van der Waals surface area (Å²) in [6.45, 7) is 5.01.